The summed E-state index contributed by atoms with van der Waals surface area (Å²) in [5.74, 6) is -5.29. The molecule has 0 radical (unpaired) electrons. The molecule has 69 heavy (non-hydrogen) atoms. The summed E-state index contributed by atoms with van der Waals surface area (Å²) in [6.45, 7) is 7.78. The Labute approximate surface area is 398 Å². The van der Waals surface area contributed by atoms with Crippen molar-refractivity contribution < 1.29 is 70.2 Å². The highest BCUT2D eigenvalue weighted by Crippen LogP contribution is 2.67. The van der Waals surface area contributed by atoms with E-state index in [9.17, 15) is 42.9 Å². The number of primary amides is 1. The Hall–Kier alpha value is -6.05. The standard InChI is InChI=1S/C47H61F2N6O13P/c1-28(56)54-22-21-32-15-18-37(41(60)52-34(17-20-39(50)58)38(57)19-13-29-11-9-8-10-12-29)55(32)42(61)36(25-54)53-40(59)35-24-30-23-31(14-16-33(30)51-35)47(48,49)69(64,67-26-65-43(62)45(2,3)4)68-27-66-44(63)46(5,6)7/h8-12,14,16,23-24,32,34,36-37,51H,13,15,17-22,25-27H2,1-7H3,(H2,50,58)(H,52,60)(H,53,59)/t32-,34+,36+,37+/m1/s1. The lowest BCUT2D eigenvalue weighted by Gasteiger charge is -2.38. The number of amides is 5. The summed E-state index contributed by atoms with van der Waals surface area (Å²) in [4.78, 5) is 111. The van der Waals surface area contributed by atoms with E-state index in [1.165, 1.54) is 70.4 Å². The largest absolute Gasteiger partial charge is 0.438 e. The minimum absolute atomic E-state index is 0.0112. The van der Waals surface area contributed by atoms with Gasteiger partial charge >= 0.3 is 25.2 Å². The molecule has 19 nitrogen and oxygen atoms in total. The summed E-state index contributed by atoms with van der Waals surface area (Å²) in [5.41, 5.74) is -1.27. The number of ketones is 1. The third kappa shape index (κ3) is 13.6. The number of fused-ring (bicyclic) bond motifs is 2. The molecular weight excluding hydrogens is 926 g/mol. The quantitative estimate of drug-likeness (QED) is 0.0685. The fourth-order valence-corrected chi connectivity index (χ4v) is 8.98. The SMILES string of the molecule is CC(=O)N1CC[C@H]2CC[C@@H](C(=O)N[C@@H](CCC(N)=O)C(=O)CCc3ccccc3)N2C(=O)[C@@H](NC(=O)c2cc3cc(C(F)(F)P(=O)(OCOC(=O)C(C)(C)C)OCOC(=O)C(C)(C)C)ccc3[nH]2)C1. The lowest BCUT2D eigenvalue weighted by atomic mass is 9.98. The molecule has 5 N–H and O–H groups in total. The number of carbonyl (C=O) groups excluding carboxylic acids is 8. The Morgan fingerprint density at radius 3 is 2.07 bits per heavy atom. The van der Waals surface area contributed by atoms with Gasteiger partial charge in [0, 0.05) is 55.4 Å². The van der Waals surface area contributed by atoms with Crippen molar-refractivity contribution >= 4 is 65.8 Å². The Balaban J connectivity index is 1.36. The van der Waals surface area contributed by atoms with E-state index in [0.29, 0.717) is 19.3 Å². The fourth-order valence-electron chi connectivity index (χ4n) is 7.75. The van der Waals surface area contributed by atoms with E-state index < -0.39 is 103 Å². The van der Waals surface area contributed by atoms with Crippen LogP contribution in [0.2, 0.25) is 0 Å². The number of halogens is 2. The number of nitrogens with one attached hydrogen (secondary N) is 3. The average molecular weight is 987 g/mol. The number of H-pyrrole nitrogens is 1. The van der Waals surface area contributed by atoms with Crippen molar-refractivity contribution in [1.82, 2.24) is 25.4 Å². The van der Waals surface area contributed by atoms with Crippen LogP contribution in [0.15, 0.2) is 54.6 Å². The highest BCUT2D eigenvalue weighted by Gasteiger charge is 2.56. The van der Waals surface area contributed by atoms with Gasteiger partial charge in [-0.2, -0.15) is 8.78 Å². The smallest absolute Gasteiger partial charge is 0.410 e. The predicted octanol–water partition coefficient (Wildman–Crippen LogP) is 5.20. The summed E-state index contributed by atoms with van der Waals surface area (Å²) in [6.07, 6.45) is 1.10. The molecule has 376 valence electrons. The zero-order chi connectivity index (χ0) is 51.1. The summed E-state index contributed by atoms with van der Waals surface area (Å²) in [7, 11) is -5.68. The number of rotatable bonds is 19. The maximum Gasteiger partial charge on any atom is 0.410 e. The van der Waals surface area contributed by atoms with Crippen molar-refractivity contribution in [1.29, 1.82) is 0 Å². The maximum atomic E-state index is 16.4. The van der Waals surface area contributed by atoms with E-state index in [0.717, 1.165) is 17.7 Å². The Kier molecular flexibility index (Phi) is 17.3. The molecule has 2 fully saturated rings. The van der Waals surface area contributed by atoms with Gasteiger partial charge in [0.15, 0.2) is 5.78 Å². The molecular formula is C47H61F2N6O13P. The number of esters is 2. The number of aryl methyl sites for hydroxylation is 1. The van der Waals surface area contributed by atoms with Gasteiger partial charge in [-0.15, -0.1) is 0 Å². The Morgan fingerprint density at radius 2 is 1.49 bits per heavy atom. The minimum Gasteiger partial charge on any atom is -0.438 e. The van der Waals surface area contributed by atoms with Crippen LogP contribution in [-0.2, 0) is 68.7 Å². The second-order valence-corrected chi connectivity index (χ2v) is 21.2. The van der Waals surface area contributed by atoms with Crippen LogP contribution < -0.4 is 16.4 Å². The highest BCUT2D eigenvalue weighted by atomic mass is 31.2. The van der Waals surface area contributed by atoms with Gasteiger partial charge in [0.2, 0.25) is 37.2 Å². The molecule has 4 atom stereocenters. The first kappa shape index (κ1) is 53.9. The maximum absolute atomic E-state index is 16.4. The van der Waals surface area contributed by atoms with E-state index in [2.05, 4.69) is 15.6 Å². The van der Waals surface area contributed by atoms with Crippen LogP contribution in [0.25, 0.3) is 10.9 Å². The van der Waals surface area contributed by atoms with Crippen LogP contribution in [0.3, 0.4) is 0 Å². The van der Waals surface area contributed by atoms with Crippen molar-refractivity contribution in [3.63, 3.8) is 0 Å². The zero-order valence-corrected chi connectivity index (χ0v) is 40.7. The van der Waals surface area contributed by atoms with Crippen molar-refractivity contribution in [3.8, 4) is 0 Å². The summed E-state index contributed by atoms with van der Waals surface area (Å²) in [5, 5.41) is 5.41. The second kappa shape index (κ2) is 22.1. The Morgan fingerprint density at radius 1 is 0.870 bits per heavy atom. The predicted molar refractivity (Wildman–Crippen MR) is 245 cm³/mol. The number of benzene rings is 2. The summed E-state index contributed by atoms with van der Waals surface area (Å²) in [6, 6.07) is 9.31. The molecule has 3 heterocycles. The zero-order valence-electron chi connectivity index (χ0n) is 39.8. The van der Waals surface area contributed by atoms with Crippen molar-refractivity contribution in [2.45, 2.75) is 123 Å². The third-order valence-electron chi connectivity index (χ3n) is 11.7. The number of hydrogen-bond acceptors (Lipinski definition) is 13. The van der Waals surface area contributed by atoms with E-state index in [1.54, 1.807) is 0 Å². The van der Waals surface area contributed by atoms with Crippen molar-refractivity contribution in [3.05, 3.63) is 71.4 Å². The number of ether oxygens (including phenoxy) is 2. The first-order valence-electron chi connectivity index (χ1n) is 22.5. The molecule has 22 heteroatoms. The number of aromatic nitrogens is 1. The van der Waals surface area contributed by atoms with Gasteiger partial charge in [-0.25, -0.2) is 0 Å². The number of Topliss-reactive ketones (excluding diaryl/α,β-unsaturated/α-hetero) is 1. The number of carbonyl (C=O) groups is 8. The lowest BCUT2D eigenvalue weighted by molar-refractivity contribution is -0.163. The molecule has 1 aromatic heterocycles. The summed E-state index contributed by atoms with van der Waals surface area (Å²) >= 11 is 0. The van der Waals surface area contributed by atoms with Crippen LogP contribution in [0, 0.1) is 10.8 Å². The van der Waals surface area contributed by atoms with E-state index >= 15 is 8.78 Å². The number of nitrogens with zero attached hydrogens (tertiary/aromatic N) is 2. The number of aromatic amines is 1. The van der Waals surface area contributed by atoms with E-state index in [1.807, 2.05) is 30.3 Å². The molecule has 0 aliphatic carbocycles. The van der Waals surface area contributed by atoms with Gasteiger partial charge in [0.1, 0.15) is 17.8 Å². The molecule has 0 spiro atoms. The molecule has 2 aromatic carbocycles. The second-order valence-electron chi connectivity index (χ2n) is 19.2. The molecule has 2 aliphatic rings. The monoisotopic (exact) mass is 986 g/mol. The van der Waals surface area contributed by atoms with E-state index in [-0.39, 0.29) is 67.1 Å². The number of hydrogen-bond donors (Lipinski definition) is 4. The molecule has 0 saturated carbocycles. The van der Waals surface area contributed by atoms with E-state index in [4.69, 9.17) is 24.3 Å². The molecule has 5 amide bonds. The van der Waals surface area contributed by atoms with Crippen LogP contribution in [0.1, 0.15) is 109 Å². The topological polar surface area (TPSA) is 263 Å². The number of nitrogens with two attached hydrogens (primary N) is 1. The third-order valence-corrected chi connectivity index (χ3v) is 13.6. The number of alkyl halides is 2. The van der Waals surface area contributed by atoms with Crippen LogP contribution in [0.4, 0.5) is 8.78 Å². The van der Waals surface area contributed by atoms with Gasteiger partial charge in [0.25, 0.3) is 5.91 Å². The lowest BCUT2D eigenvalue weighted by Crippen LogP contribution is -2.61. The minimum atomic E-state index is -5.68. The summed E-state index contributed by atoms with van der Waals surface area (Å²) < 4.78 is 66.5. The Bertz CT molecular complexity index is 2430. The van der Waals surface area contributed by atoms with Gasteiger partial charge < -0.3 is 40.6 Å². The van der Waals surface area contributed by atoms with Crippen molar-refractivity contribution in [2.75, 3.05) is 26.7 Å². The van der Waals surface area contributed by atoms with Crippen LogP contribution >= 0.6 is 7.60 Å². The van der Waals surface area contributed by atoms with Gasteiger partial charge in [0.05, 0.1) is 16.9 Å². The average Bonchev–Trinajstić information content (AvgIpc) is 3.91. The normalized spacial score (nSPS) is 18.4. The van der Waals surface area contributed by atoms with Crippen LogP contribution in [-0.4, -0.2) is 113 Å². The van der Waals surface area contributed by atoms with Gasteiger partial charge in [-0.3, -0.25) is 52.0 Å². The molecule has 0 unspecified atom stereocenters. The molecule has 0 bridgehead atoms. The molecule has 2 aliphatic heterocycles. The first-order chi connectivity index (χ1) is 32.2. The molecule has 2 saturated heterocycles. The molecule has 5 rings (SSSR count). The van der Waals surface area contributed by atoms with Crippen LogP contribution in [0.5, 0.6) is 0 Å². The van der Waals surface area contributed by atoms with Gasteiger partial charge in [-0.05, 0) is 97.4 Å². The molecule has 3 aromatic rings. The fraction of sp³-hybridized carbons (Fsp3) is 0.532. The highest BCUT2D eigenvalue weighted by molar-refractivity contribution is 7.54. The van der Waals surface area contributed by atoms with Crippen molar-refractivity contribution in [2.24, 2.45) is 16.6 Å². The van der Waals surface area contributed by atoms with Gasteiger partial charge in [-0.1, -0.05) is 36.4 Å². The first-order valence-corrected chi connectivity index (χ1v) is 24.0.